The first kappa shape index (κ1) is 17.5. The predicted octanol–water partition coefficient (Wildman–Crippen LogP) is 3.41. The van der Waals surface area contributed by atoms with E-state index in [1.165, 1.54) is 0 Å². The van der Waals surface area contributed by atoms with Crippen LogP contribution in [0, 0.1) is 5.92 Å². The number of hydrogen-bond donors (Lipinski definition) is 1. The molecule has 1 aromatic carbocycles. The maximum absolute atomic E-state index is 10.8. The van der Waals surface area contributed by atoms with E-state index in [-0.39, 0.29) is 6.54 Å². The van der Waals surface area contributed by atoms with Crippen LogP contribution in [0.2, 0.25) is 0 Å². The minimum absolute atomic E-state index is 0.0838. The van der Waals surface area contributed by atoms with Crippen molar-refractivity contribution in [1.29, 1.82) is 0 Å². The molecule has 21 heavy (non-hydrogen) atoms. The lowest BCUT2D eigenvalue weighted by Gasteiger charge is -2.19. The van der Waals surface area contributed by atoms with Gasteiger partial charge in [-0.25, -0.2) is 0 Å². The molecular weight excluding hydrogens is 266 g/mol. The van der Waals surface area contributed by atoms with Gasteiger partial charge < -0.3 is 9.84 Å². The van der Waals surface area contributed by atoms with Crippen LogP contribution in [-0.4, -0.2) is 35.7 Å². The second kappa shape index (κ2) is 9.40. The van der Waals surface area contributed by atoms with E-state index in [2.05, 4.69) is 20.8 Å². The minimum atomic E-state index is -0.780. The highest BCUT2D eigenvalue weighted by Gasteiger charge is 2.09. The zero-order chi connectivity index (χ0) is 15.7. The molecule has 1 aromatic rings. The summed E-state index contributed by atoms with van der Waals surface area (Å²) in [5.74, 6) is 0.736. The van der Waals surface area contributed by atoms with Gasteiger partial charge in [0, 0.05) is 6.54 Å². The molecule has 0 saturated carbocycles. The monoisotopic (exact) mass is 293 g/mol. The van der Waals surface area contributed by atoms with Gasteiger partial charge in [-0.15, -0.1) is 0 Å². The topological polar surface area (TPSA) is 49.8 Å². The van der Waals surface area contributed by atoms with Crippen molar-refractivity contribution in [2.45, 2.75) is 40.2 Å². The third-order valence-corrected chi connectivity index (χ3v) is 3.19. The summed E-state index contributed by atoms with van der Waals surface area (Å²) in [6.07, 6.45) is 1.99. The van der Waals surface area contributed by atoms with Gasteiger partial charge in [-0.3, -0.25) is 9.69 Å². The Bertz CT molecular complexity index is 415. The van der Waals surface area contributed by atoms with Crippen molar-refractivity contribution in [3.63, 3.8) is 0 Å². The van der Waals surface area contributed by atoms with E-state index in [1.54, 1.807) is 0 Å². The van der Waals surface area contributed by atoms with Crippen LogP contribution in [0.4, 0.5) is 0 Å². The highest BCUT2D eigenvalue weighted by molar-refractivity contribution is 5.69. The molecule has 0 fully saturated rings. The largest absolute Gasteiger partial charge is 0.494 e. The summed E-state index contributed by atoms with van der Waals surface area (Å²) >= 11 is 0. The molecule has 0 unspecified atom stereocenters. The number of aliphatic carboxylic acids is 1. The van der Waals surface area contributed by atoms with Crippen molar-refractivity contribution < 1.29 is 14.6 Å². The molecule has 0 radical (unpaired) electrons. The van der Waals surface area contributed by atoms with E-state index in [0.717, 1.165) is 37.3 Å². The number of carboxylic acids is 1. The maximum Gasteiger partial charge on any atom is 0.317 e. The van der Waals surface area contributed by atoms with Crippen molar-refractivity contribution in [1.82, 2.24) is 4.90 Å². The lowest BCUT2D eigenvalue weighted by Crippen LogP contribution is -2.30. The molecule has 1 N–H and O–H groups in total. The molecule has 0 atom stereocenters. The van der Waals surface area contributed by atoms with E-state index in [4.69, 9.17) is 9.84 Å². The lowest BCUT2D eigenvalue weighted by molar-refractivity contribution is -0.138. The number of carbonyl (C=O) groups is 1. The van der Waals surface area contributed by atoms with Crippen LogP contribution < -0.4 is 4.74 Å². The van der Waals surface area contributed by atoms with Gasteiger partial charge in [0.2, 0.25) is 0 Å². The second-order valence-electron chi connectivity index (χ2n) is 5.78. The van der Waals surface area contributed by atoms with Crippen LogP contribution in [0.15, 0.2) is 24.3 Å². The zero-order valence-corrected chi connectivity index (χ0v) is 13.3. The number of carboxylic acid groups (broad SMARTS) is 1. The predicted molar refractivity (Wildman–Crippen MR) is 84.6 cm³/mol. The zero-order valence-electron chi connectivity index (χ0n) is 13.3. The van der Waals surface area contributed by atoms with E-state index in [0.29, 0.717) is 12.5 Å². The fraction of sp³-hybridized carbons (Fsp3) is 0.588. The van der Waals surface area contributed by atoms with Gasteiger partial charge in [0.25, 0.3) is 0 Å². The molecule has 0 heterocycles. The standard InChI is InChI=1S/C17H27NO3/c1-4-10-18(13-17(19)20)12-15-5-7-16(8-6-15)21-11-9-14(2)3/h5-8,14H,4,9-13H2,1-3H3,(H,19,20). The molecule has 118 valence electrons. The number of benzene rings is 1. The first-order chi connectivity index (χ1) is 10.0. The summed E-state index contributed by atoms with van der Waals surface area (Å²) in [5.41, 5.74) is 1.11. The average Bonchev–Trinajstić information content (AvgIpc) is 2.40. The summed E-state index contributed by atoms with van der Waals surface area (Å²) < 4.78 is 5.68. The Labute approximate surface area is 127 Å². The van der Waals surface area contributed by atoms with Crippen LogP contribution >= 0.6 is 0 Å². The summed E-state index contributed by atoms with van der Waals surface area (Å²) in [6.45, 7) is 8.68. The molecule has 4 heteroatoms. The van der Waals surface area contributed by atoms with Crippen molar-refractivity contribution in [3.8, 4) is 5.75 Å². The number of rotatable bonds is 10. The highest BCUT2D eigenvalue weighted by Crippen LogP contribution is 2.15. The fourth-order valence-corrected chi connectivity index (χ4v) is 2.08. The third-order valence-electron chi connectivity index (χ3n) is 3.19. The molecule has 0 aliphatic rings. The normalized spacial score (nSPS) is 11.1. The van der Waals surface area contributed by atoms with Crippen molar-refractivity contribution in [3.05, 3.63) is 29.8 Å². The first-order valence-electron chi connectivity index (χ1n) is 7.67. The van der Waals surface area contributed by atoms with Crippen molar-refractivity contribution >= 4 is 5.97 Å². The Morgan fingerprint density at radius 1 is 1.29 bits per heavy atom. The Kier molecular flexibility index (Phi) is 7.83. The smallest absolute Gasteiger partial charge is 0.317 e. The van der Waals surface area contributed by atoms with Gasteiger partial charge in [-0.05, 0) is 43.0 Å². The van der Waals surface area contributed by atoms with E-state index in [1.807, 2.05) is 29.2 Å². The Morgan fingerprint density at radius 2 is 1.95 bits per heavy atom. The maximum atomic E-state index is 10.8. The van der Waals surface area contributed by atoms with Crippen molar-refractivity contribution in [2.24, 2.45) is 5.92 Å². The van der Waals surface area contributed by atoms with Gasteiger partial charge in [0.15, 0.2) is 0 Å². The second-order valence-corrected chi connectivity index (χ2v) is 5.78. The Morgan fingerprint density at radius 3 is 2.48 bits per heavy atom. The van der Waals surface area contributed by atoms with Gasteiger partial charge in [0.05, 0.1) is 13.2 Å². The Balaban J connectivity index is 2.49. The summed E-state index contributed by atoms with van der Waals surface area (Å²) in [5, 5.41) is 8.91. The number of ether oxygens (including phenoxy) is 1. The summed E-state index contributed by atoms with van der Waals surface area (Å²) in [7, 11) is 0. The lowest BCUT2D eigenvalue weighted by atomic mass is 10.1. The molecule has 0 amide bonds. The third kappa shape index (κ3) is 7.71. The molecule has 0 spiro atoms. The van der Waals surface area contributed by atoms with Gasteiger partial charge in [-0.1, -0.05) is 32.9 Å². The quantitative estimate of drug-likeness (QED) is 0.718. The molecule has 0 bridgehead atoms. The van der Waals surface area contributed by atoms with Crippen LogP contribution in [0.1, 0.15) is 39.2 Å². The number of hydrogen-bond acceptors (Lipinski definition) is 3. The molecule has 0 aliphatic heterocycles. The molecular formula is C17H27NO3. The van der Waals surface area contributed by atoms with Gasteiger partial charge in [-0.2, -0.15) is 0 Å². The number of nitrogens with zero attached hydrogens (tertiary/aromatic N) is 1. The van der Waals surface area contributed by atoms with E-state index < -0.39 is 5.97 Å². The minimum Gasteiger partial charge on any atom is -0.494 e. The molecule has 0 aromatic heterocycles. The molecule has 0 aliphatic carbocycles. The highest BCUT2D eigenvalue weighted by atomic mass is 16.5. The van der Waals surface area contributed by atoms with Crippen LogP contribution in [0.5, 0.6) is 5.75 Å². The molecule has 0 saturated heterocycles. The summed E-state index contributed by atoms with van der Waals surface area (Å²) in [4.78, 5) is 12.8. The average molecular weight is 293 g/mol. The van der Waals surface area contributed by atoms with Crippen LogP contribution in [0.25, 0.3) is 0 Å². The SMILES string of the molecule is CCCN(CC(=O)O)Cc1ccc(OCCC(C)C)cc1. The van der Waals surface area contributed by atoms with E-state index in [9.17, 15) is 4.79 Å². The van der Waals surface area contributed by atoms with Gasteiger partial charge in [0.1, 0.15) is 5.75 Å². The molecule has 4 nitrogen and oxygen atoms in total. The van der Waals surface area contributed by atoms with Crippen LogP contribution in [-0.2, 0) is 11.3 Å². The molecule has 1 rings (SSSR count). The summed E-state index contributed by atoms with van der Waals surface area (Å²) in [6, 6.07) is 7.94. The Hall–Kier alpha value is -1.55. The van der Waals surface area contributed by atoms with Crippen LogP contribution in [0.3, 0.4) is 0 Å². The first-order valence-corrected chi connectivity index (χ1v) is 7.67. The van der Waals surface area contributed by atoms with Crippen molar-refractivity contribution in [2.75, 3.05) is 19.7 Å². The van der Waals surface area contributed by atoms with Gasteiger partial charge >= 0.3 is 5.97 Å². The van der Waals surface area contributed by atoms with E-state index >= 15 is 0 Å². The fourth-order valence-electron chi connectivity index (χ4n) is 2.08.